The van der Waals surface area contributed by atoms with Crippen LogP contribution in [-0.2, 0) is 9.59 Å². The highest BCUT2D eigenvalue weighted by Gasteiger charge is 2.32. The standard InChI is InChI=1S/C12H21NO4/c1-9(15)6-4-5-7-13-11(17)10(16)12(2,3)8-14/h4,6,10,14,16H,5,7-8H2,1-3H3,(H,13,17). The normalized spacial score (nSPS) is 13.7. The second-order valence-electron chi connectivity index (χ2n) is 4.64. The molecule has 98 valence electrons. The van der Waals surface area contributed by atoms with Crippen LogP contribution in [0.1, 0.15) is 27.2 Å². The van der Waals surface area contributed by atoms with Crippen LogP contribution in [0.5, 0.6) is 0 Å². The molecule has 0 saturated heterocycles. The van der Waals surface area contributed by atoms with Gasteiger partial charge in [-0.3, -0.25) is 9.59 Å². The van der Waals surface area contributed by atoms with Crippen LogP contribution in [0.15, 0.2) is 12.2 Å². The van der Waals surface area contributed by atoms with Gasteiger partial charge in [0.05, 0.1) is 6.61 Å². The van der Waals surface area contributed by atoms with Crippen LogP contribution < -0.4 is 5.32 Å². The molecule has 1 amide bonds. The van der Waals surface area contributed by atoms with Crippen molar-refractivity contribution < 1.29 is 19.8 Å². The maximum absolute atomic E-state index is 11.5. The van der Waals surface area contributed by atoms with E-state index in [1.165, 1.54) is 13.0 Å². The zero-order chi connectivity index (χ0) is 13.5. The Balaban J connectivity index is 3.99. The van der Waals surface area contributed by atoms with E-state index in [1.54, 1.807) is 19.9 Å². The van der Waals surface area contributed by atoms with E-state index in [4.69, 9.17) is 5.11 Å². The summed E-state index contributed by atoms with van der Waals surface area (Å²) in [5.41, 5.74) is -0.862. The van der Waals surface area contributed by atoms with E-state index < -0.39 is 17.4 Å². The molecule has 1 unspecified atom stereocenters. The fourth-order valence-corrected chi connectivity index (χ4v) is 1.07. The molecule has 0 aliphatic heterocycles. The Labute approximate surface area is 102 Å². The monoisotopic (exact) mass is 243 g/mol. The number of nitrogens with one attached hydrogen (secondary N) is 1. The van der Waals surface area contributed by atoms with E-state index in [0.717, 1.165) is 0 Å². The van der Waals surface area contributed by atoms with Gasteiger partial charge < -0.3 is 15.5 Å². The minimum Gasteiger partial charge on any atom is -0.396 e. The number of hydrogen-bond acceptors (Lipinski definition) is 4. The third-order valence-electron chi connectivity index (χ3n) is 2.36. The Morgan fingerprint density at radius 1 is 1.41 bits per heavy atom. The Morgan fingerprint density at radius 3 is 2.47 bits per heavy atom. The molecule has 1 atom stereocenters. The first-order valence-electron chi connectivity index (χ1n) is 5.55. The van der Waals surface area contributed by atoms with E-state index in [9.17, 15) is 14.7 Å². The lowest BCUT2D eigenvalue weighted by molar-refractivity contribution is -0.137. The predicted octanol–water partition coefficient (Wildman–Crippen LogP) is 0.0173. The topological polar surface area (TPSA) is 86.6 Å². The summed E-state index contributed by atoms with van der Waals surface area (Å²) in [6, 6.07) is 0. The van der Waals surface area contributed by atoms with Gasteiger partial charge in [-0.05, 0) is 19.4 Å². The van der Waals surface area contributed by atoms with E-state index in [0.29, 0.717) is 13.0 Å². The fraction of sp³-hybridized carbons (Fsp3) is 0.667. The summed E-state index contributed by atoms with van der Waals surface area (Å²) < 4.78 is 0. The molecule has 5 heteroatoms. The fourth-order valence-electron chi connectivity index (χ4n) is 1.07. The van der Waals surface area contributed by atoms with E-state index in [2.05, 4.69) is 5.32 Å². The van der Waals surface area contributed by atoms with Crippen LogP contribution >= 0.6 is 0 Å². The predicted molar refractivity (Wildman–Crippen MR) is 64.3 cm³/mol. The Kier molecular flexibility index (Phi) is 6.68. The lowest BCUT2D eigenvalue weighted by Gasteiger charge is -2.27. The lowest BCUT2D eigenvalue weighted by Crippen LogP contribution is -2.45. The van der Waals surface area contributed by atoms with Gasteiger partial charge in [-0.25, -0.2) is 0 Å². The number of allylic oxidation sites excluding steroid dienone is 1. The first-order valence-corrected chi connectivity index (χ1v) is 5.55. The smallest absolute Gasteiger partial charge is 0.249 e. The number of carbonyl (C=O) groups excluding carboxylic acids is 2. The van der Waals surface area contributed by atoms with Crippen molar-refractivity contribution in [3.8, 4) is 0 Å². The molecule has 0 saturated carbocycles. The van der Waals surface area contributed by atoms with Gasteiger partial charge in [0.2, 0.25) is 5.91 Å². The summed E-state index contributed by atoms with van der Waals surface area (Å²) in [7, 11) is 0. The van der Waals surface area contributed by atoms with Gasteiger partial charge in [0.1, 0.15) is 6.10 Å². The molecule has 0 heterocycles. The number of ketones is 1. The molecule has 17 heavy (non-hydrogen) atoms. The van der Waals surface area contributed by atoms with Crippen LogP contribution in [0.2, 0.25) is 0 Å². The average Bonchev–Trinajstić information content (AvgIpc) is 2.26. The van der Waals surface area contributed by atoms with E-state index in [-0.39, 0.29) is 12.4 Å². The molecule has 3 N–H and O–H groups in total. The summed E-state index contributed by atoms with van der Waals surface area (Å²) in [5.74, 6) is -0.557. The highest BCUT2D eigenvalue weighted by molar-refractivity contribution is 5.87. The zero-order valence-electron chi connectivity index (χ0n) is 10.6. The molecule has 5 nitrogen and oxygen atoms in total. The maximum atomic E-state index is 11.5. The number of aliphatic hydroxyl groups excluding tert-OH is 2. The van der Waals surface area contributed by atoms with Crippen molar-refractivity contribution in [1.82, 2.24) is 5.32 Å². The first kappa shape index (κ1) is 15.8. The van der Waals surface area contributed by atoms with E-state index >= 15 is 0 Å². The molecule has 0 rings (SSSR count). The molecule has 0 spiro atoms. The summed E-state index contributed by atoms with van der Waals surface area (Å²) in [6.45, 7) is 4.73. The Morgan fingerprint density at radius 2 is 2.00 bits per heavy atom. The second-order valence-corrected chi connectivity index (χ2v) is 4.64. The summed E-state index contributed by atoms with van der Waals surface area (Å²) in [6.07, 6.45) is 2.37. The van der Waals surface area contributed by atoms with Gasteiger partial charge >= 0.3 is 0 Å². The molecule has 0 aromatic heterocycles. The van der Waals surface area contributed by atoms with Crippen LogP contribution in [0, 0.1) is 5.41 Å². The van der Waals surface area contributed by atoms with Crippen molar-refractivity contribution in [3.63, 3.8) is 0 Å². The number of rotatable bonds is 7. The number of amides is 1. The van der Waals surface area contributed by atoms with Crippen LogP contribution in [0.4, 0.5) is 0 Å². The molecule has 0 bridgehead atoms. The molecule has 0 radical (unpaired) electrons. The van der Waals surface area contributed by atoms with Gasteiger partial charge in [-0.15, -0.1) is 0 Å². The molecule has 0 aromatic rings. The SMILES string of the molecule is CC(=O)C=CCCNC(=O)C(O)C(C)(C)CO. The number of carbonyl (C=O) groups is 2. The second kappa shape index (κ2) is 7.19. The maximum Gasteiger partial charge on any atom is 0.249 e. The van der Waals surface area contributed by atoms with Crippen molar-refractivity contribution >= 4 is 11.7 Å². The number of aliphatic hydroxyl groups is 2. The molecule has 0 aromatic carbocycles. The summed E-state index contributed by atoms with van der Waals surface area (Å²) >= 11 is 0. The number of hydrogen-bond donors (Lipinski definition) is 3. The minimum absolute atomic E-state index is 0.0437. The minimum atomic E-state index is -1.25. The molecular formula is C12H21NO4. The molecular weight excluding hydrogens is 222 g/mol. The van der Waals surface area contributed by atoms with Crippen LogP contribution in [0.3, 0.4) is 0 Å². The van der Waals surface area contributed by atoms with Crippen molar-refractivity contribution in [3.05, 3.63) is 12.2 Å². The largest absolute Gasteiger partial charge is 0.396 e. The lowest BCUT2D eigenvalue weighted by atomic mass is 9.87. The molecule has 0 aliphatic carbocycles. The van der Waals surface area contributed by atoms with Crippen LogP contribution in [0.25, 0.3) is 0 Å². The Bertz CT molecular complexity index is 297. The third kappa shape index (κ3) is 6.19. The average molecular weight is 243 g/mol. The van der Waals surface area contributed by atoms with Gasteiger partial charge in [0.25, 0.3) is 0 Å². The van der Waals surface area contributed by atoms with Crippen molar-refractivity contribution in [1.29, 1.82) is 0 Å². The van der Waals surface area contributed by atoms with Gasteiger partial charge in [0, 0.05) is 12.0 Å². The van der Waals surface area contributed by atoms with Crippen molar-refractivity contribution in [2.45, 2.75) is 33.3 Å². The van der Waals surface area contributed by atoms with Gasteiger partial charge in [-0.2, -0.15) is 0 Å². The summed E-state index contributed by atoms with van der Waals surface area (Å²) in [5, 5.41) is 21.2. The Hall–Kier alpha value is -1.20. The van der Waals surface area contributed by atoms with Crippen molar-refractivity contribution in [2.75, 3.05) is 13.2 Å². The third-order valence-corrected chi connectivity index (χ3v) is 2.36. The first-order chi connectivity index (χ1) is 7.81. The van der Waals surface area contributed by atoms with E-state index in [1.807, 2.05) is 0 Å². The summed E-state index contributed by atoms with van der Waals surface area (Å²) in [4.78, 5) is 22.1. The van der Waals surface area contributed by atoms with Crippen molar-refractivity contribution in [2.24, 2.45) is 5.41 Å². The molecule has 0 aliphatic rings. The van der Waals surface area contributed by atoms with Gasteiger partial charge in [-0.1, -0.05) is 19.9 Å². The van der Waals surface area contributed by atoms with Gasteiger partial charge in [0.15, 0.2) is 5.78 Å². The highest BCUT2D eigenvalue weighted by atomic mass is 16.3. The highest BCUT2D eigenvalue weighted by Crippen LogP contribution is 2.19. The van der Waals surface area contributed by atoms with Crippen LogP contribution in [-0.4, -0.2) is 41.2 Å². The molecule has 0 fully saturated rings. The zero-order valence-corrected chi connectivity index (χ0v) is 10.6. The quantitative estimate of drug-likeness (QED) is 0.434.